The largest absolute Gasteiger partial charge is 0.438 e. The molecule has 0 aromatic rings. The summed E-state index contributed by atoms with van der Waals surface area (Å²) in [6, 6.07) is 0. The molecule has 0 aliphatic carbocycles. The SMILES string of the molecule is CCCCC(F)(F)C(F)(F)C(F)(F)C(F)(F)C(F)(F)C(F)(F)S(=O)(=O)O. The minimum atomic E-state index is -8.02. The topological polar surface area (TPSA) is 54.4 Å². The fourth-order valence-electron chi connectivity index (χ4n) is 1.52. The van der Waals surface area contributed by atoms with Crippen molar-refractivity contribution in [3.8, 4) is 0 Å². The molecular formula is C10H10F12O3S. The predicted molar refractivity (Wildman–Crippen MR) is 60.8 cm³/mol. The molecule has 0 saturated carbocycles. The standard InChI is InChI=1S/C10H10F12O3S/c1-2-3-4-5(11,12)6(13,14)7(15,16)8(17,18)9(19,20)10(21,22)26(23,24)25/h2-4H2,1H3,(H,23,24,25). The molecule has 0 spiro atoms. The molecule has 0 aliphatic heterocycles. The summed E-state index contributed by atoms with van der Waals surface area (Å²) in [4.78, 5) is 0. The first-order valence-electron chi connectivity index (χ1n) is 6.30. The Hall–Kier alpha value is -0.930. The summed E-state index contributed by atoms with van der Waals surface area (Å²) in [5.74, 6) is -37.1. The molecule has 0 amide bonds. The van der Waals surface area contributed by atoms with Gasteiger partial charge in [-0.1, -0.05) is 13.3 Å². The summed E-state index contributed by atoms with van der Waals surface area (Å²) in [7, 11) is -7.53. The summed E-state index contributed by atoms with van der Waals surface area (Å²) < 4.78 is 185. The van der Waals surface area contributed by atoms with Crippen LogP contribution in [0, 0.1) is 0 Å². The van der Waals surface area contributed by atoms with Gasteiger partial charge in [-0.15, -0.1) is 0 Å². The van der Waals surface area contributed by atoms with Crippen LogP contribution in [0.4, 0.5) is 52.7 Å². The third-order valence-corrected chi connectivity index (χ3v) is 4.08. The van der Waals surface area contributed by atoms with Crippen molar-refractivity contribution in [2.45, 2.75) is 61.1 Å². The number of halogens is 12. The maximum Gasteiger partial charge on any atom is 0.438 e. The monoisotopic (exact) mass is 438 g/mol. The molecule has 0 radical (unpaired) electrons. The molecule has 0 bridgehead atoms. The molecule has 0 saturated heterocycles. The molecule has 0 atom stereocenters. The molecule has 0 aromatic heterocycles. The van der Waals surface area contributed by atoms with E-state index in [1.165, 1.54) is 0 Å². The molecule has 16 heteroatoms. The first-order valence-corrected chi connectivity index (χ1v) is 7.74. The molecule has 158 valence electrons. The van der Waals surface area contributed by atoms with Gasteiger partial charge >= 0.3 is 45.0 Å². The maximum atomic E-state index is 13.2. The van der Waals surface area contributed by atoms with Gasteiger partial charge in [-0.3, -0.25) is 4.55 Å². The van der Waals surface area contributed by atoms with E-state index in [2.05, 4.69) is 0 Å². The zero-order chi connectivity index (χ0) is 21.6. The van der Waals surface area contributed by atoms with E-state index in [0.717, 1.165) is 6.92 Å². The first-order chi connectivity index (χ1) is 11.1. The van der Waals surface area contributed by atoms with Crippen LogP contribution < -0.4 is 0 Å². The van der Waals surface area contributed by atoms with E-state index in [0.29, 0.717) is 0 Å². The molecule has 0 unspecified atom stereocenters. The number of hydrogen-bond donors (Lipinski definition) is 1. The van der Waals surface area contributed by atoms with Gasteiger partial charge in [0, 0.05) is 6.42 Å². The lowest BCUT2D eigenvalue weighted by atomic mass is 9.92. The molecule has 3 nitrogen and oxygen atoms in total. The summed E-state index contributed by atoms with van der Waals surface area (Å²) in [5.41, 5.74) is 0. The number of alkyl halides is 12. The van der Waals surface area contributed by atoms with E-state index in [-0.39, 0.29) is 6.42 Å². The van der Waals surface area contributed by atoms with Crippen LogP contribution in [0.1, 0.15) is 26.2 Å². The van der Waals surface area contributed by atoms with E-state index >= 15 is 0 Å². The Morgan fingerprint density at radius 2 is 1.04 bits per heavy atom. The van der Waals surface area contributed by atoms with Crippen LogP contribution in [0.3, 0.4) is 0 Å². The number of hydrogen-bond acceptors (Lipinski definition) is 2. The van der Waals surface area contributed by atoms with E-state index in [1.54, 1.807) is 0 Å². The molecule has 26 heavy (non-hydrogen) atoms. The van der Waals surface area contributed by atoms with Crippen molar-refractivity contribution in [2.24, 2.45) is 0 Å². The Morgan fingerprint density at radius 1 is 0.692 bits per heavy atom. The summed E-state index contributed by atoms with van der Waals surface area (Å²) >= 11 is 0. The lowest BCUT2D eigenvalue weighted by Gasteiger charge is -2.40. The van der Waals surface area contributed by atoms with Gasteiger partial charge in [0.2, 0.25) is 0 Å². The molecule has 0 aromatic carbocycles. The van der Waals surface area contributed by atoms with Crippen molar-refractivity contribution >= 4 is 10.1 Å². The van der Waals surface area contributed by atoms with Crippen LogP contribution in [-0.4, -0.2) is 47.8 Å². The van der Waals surface area contributed by atoms with Gasteiger partial charge in [-0.05, 0) is 6.42 Å². The zero-order valence-electron chi connectivity index (χ0n) is 12.3. The van der Waals surface area contributed by atoms with Gasteiger partial charge in [0.25, 0.3) is 0 Å². The fraction of sp³-hybridized carbons (Fsp3) is 1.00. The number of unbranched alkanes of at least 4 members (excludes halogenated alkanes) is 1. The lowest BCUT2D eigenvalue weighted by Crippen LogP contribution is -2.71. The second-order valence-electron chi connectivity index (χ2n) is 5.10. The van der Waals surface area contributed by atoms with E-state index in [1.807, 2.05) is 0 Å². The Morgan fingerprint density at radius 3 is 1.35 bits per heavy atom. The van der Waals surface area contributed by atoms with Crippen molar-refractivity contribution in [1.29, 1.82) is 0 Å². The fourth-order valence-corrected chi connectivity index (χ4v) is 1.98. The number of rotatable bonds is 9. The van der Waals surface area contributed by atoms with Crippen LogP contribution in [0.2, 0.25) is 0 Å². The van der Waals surface area contributed by atoms with Crippen LogP contribution in [0.5, 0.6) is 0 Å². The normalized spacial score (nSPS) is 16.1. The van der Waals surface area contributed by atoms with Crippen LogP contribution in [0.15, 0.2) is 0 Å². The minimum Gasteiger partial charge on any atom is -0.281 e. The highest BCUT2D eigenvalue weighted by Gasteiger charge is 2.91. The minimum absolute atomic E-state index is 0.343. The second-order valence-corrected chi connectivity index (χ2v) is 6.56. The zero-order valence-corrected chi connectivity index (χ0v) is 13.1. The summed E-state index contributed by atoms with van der Waals surface area (Å²) in [6.45, 7) is 1.09. The Kier molecular flexibility index (Phi) is 6.36. The maximum absolute atomic E-state index is 13.2. The van der Waals surface area contributed by atoms with Crippen molar-refractivity contribution < 1.29 is 65.7 Å². The molecule has 0 fully saturated rings. The van der Waals surface area contributed by atoms with Crippen LogP contribution in [0.25, 0.3) is 0 Å². The van der Waals surface area contributed by atoms with Crippen molar-refractivity contribution in [2.75, 3.05) is 0 Å². The molecule has 1 N–H and O–H groups in total. The highest BCUT2D eigenvalue weighted by molar-refractivity contribution is 7.87. The van der Waals surface area contributed by atoms with Crippen molar-refractivity contribution in [3.05, 3.63) is 0 Å². The predicted octanol–water partition coefficient (Wildman–Crippen LogP) is 4.83. The average Bonchev–Trinajstić information content (AvgIpc) is 2.42. The van der Waals surface area contributed by atoms with Gasteiger partial charge in [0.05, 0.1) is 0 Å². The molecule has 0 aliphatic rings. The van der Waals surface area contributed by atoms with Gasteiger partial charge in [0.1, 0.15) is 0 Å². The van der Waals surface area contributed by atoms with Gasteiger partial charge in [-0.2, -0.15) is 61.1 Å². The third kappa shape index (κ3) is 3.33. The Bertz CT molecular complexity index is 613. The highest BCUT2D eigenvalue weighted by Crippen LogP contribution is 2.61. The Labute approximate surface area is 138 Å². The highest BCUT2D eigenvalue weighted by atomic mass is 32.2. The Balaban J connectivity index is 6.41. The van der Waals surface area contributed by atoms with E-state index < -0.39 is 57.8 Å². The molecule has 0 rings (SSSR count). The van der Waals surface area contributed by atoms with Gasteiger partial charge in [0.15, 0.2) is 0 Å². The smallest absolute Gasteiger partial charge is 0.281 e. The van der Waals surface area contributed by atoms with Gasteiger partial charge in [-0.25, -0.2) is 0 Å². The van der Waals surface area contributed by atoms with Crippen LogP contribution in [-0.2, 0) is 10.1 Å². The first kappa shape index (κ1) is 25.1. The second kappa shape index (κ2) is 6.60. The van der Waals surface area contributed by atoms with E-state index in [9.17, 15) is 61.1 Å². The molecule has 0 heterocycles. The third-order valence-electron chi connectivity index (χ3n) is 3.18. The van der Waals surface area contributed by atoms with E-state index in [4.69, 9.17) is 4.55 Å². The average molecular weight is 438 g/mol. The van der Waals surface area contributed by atoms with Gasteiger partial charge < -0.3 is 0 Å². The van der Waals surface area contributed by atoms with Crippen molar-refractivity contribution in [3.63, 3.8) is 0 Å². The quantitative estimate of drug-likeness (QED) is 0.415. The molecular weight excluding hydrogens is 428 g/mol. The summed E-state index contributed by atoms with van der Waals surface area (Å²) in [5, 5.41) is -7.40. The van der Waals surface area contributed by atoms with Crippen molar-refractivity contribution in [1.82, 2.24) is 0 Å². The summed E-state index contributed by atoms with van der Waals surface area (Å²) in [6.07, 6.45) is -3.49. The van der Waals surface area contributed by atoms with Crippen LogP contribution >= 0.6 is 0 Å². The lowest BCUT2D eigenvalue weighted by molar-refractivity contribution is -0.417.